The van der Waals surface area contributed by atoms with Crippen molar-refractivity contribution in [1.29, 1.82) is 0 Å². The first-order valence-electron chi connectivity index (χ1n) is 7.15. The standard InChI is InChI=1S/C15H20ClNO3/c1-2-12-5-3-4-6-14(12)20-15-9-11(10-16)7-8-13(15)17(18)19/h7-9,12,14H,2-6,10H2,1H3. The first kappa shape index (κ1) is 15.1. The minimum atomic E-state index is -0.392. The Bertz CT molecular complexity index is 478. The second-order valence-corrected chi connectivity index (χ2v) is 5.57. The van der Waals surface area contributed by atoms with Crippen molar-refractivity contribution in [1.82, 2.24) is 0 Å². The molecule has 1 fully saturated rings. The first-order valence-corrected chi connectivity index (χ1v) is 7.69. The van der Waals surface area contributed by atoms with Crippen molar-refractivity contribution < 1.29 is 9.66 Å². The van der Waals surface area contributed by atoms with Crippen molar-refractivity contribution in [3.05, 3.63) is 33.9 Å². The normalized spacial score (nSPS) is 22.5. The molecule has 1 aromatic rings. The van der Waals surface area contributed by atoms with Gasteiger partial charge in [0.25, 0.3) is 0 Å². The van der Waals surface area contributed by atoms with E-state index in [1.54, 1.807) is 12.1 Å². The van der Waals surface area contributed by atoms with Gasteiger partial charge in [-0.1, -0.05) is 19.4 Å². The number of alkyl halides is 1. The molecule has 1 saturated carbocycles. The van der Waals surface area contributed by atoms with E-state index in [-0.39, 0.29) is 11.8 Å². The molecule has 4 nitrogen and oxygen atoms in total. The molecule has 2 atom stereocenters. The van der Waals surface area contributed by atoms with E-state index in [0.717, 1.165) is 31.2 Å². The molecular formula is C15H20ClNO3. The van der Waals surface area contributed by atoms with Crippen molar-refractivity contribution in [3.63, 3.8) is 0 Å². The topological polar surface area (TPSA) is 52.4 Å². The molecule has 0 N–H and O–H groups in total. The van der Waals surface area contributed by atoms with Crippen LogP contribution in [0.2, 0.25) is 0 Å². The van der Waals surface area contributed by atoms with Crippen molar-refractivity contribution in [2.24, 2.45) is 5.92 Å². The molecule has 20 heavy (non-hydrogen) atoms. The smallest absolute Gasteiger partial charge is 0.310 e. The summed E-state index contributed by atoms with van der Waals surface area (Å²) in [5.74, 6) is 1.18. The number of benzene rings is 1. The Morgan fingerprint density at radius 2 is 2.15 bits per heavy atom. The van der Waals surface area contributed by atoms with Crippen LogP contribution in [0.15, 0.2) is 18.2 Å². The SMILES string of the molecule is CCC1CCCCC1Oc1cc(CCl)ccc1[N+](=O)[O-]. The summed E-state index contributed by atoms with van der Waals surface area (Å²) in [7, 11) is 0. The van der Waals surface area contributed by atoms with Crippen LogP contribution in [-0.4, -0.2) is 11.0 Å². The summed E-state index contributed by atoms with van der Waals surface area (Å²) >= 11 is 5.80. The van der Waals surface area contributed by atoms with Crippen LogP contribution >= 0.6 is 11.6 Å². The van der Waals surface area contributed by atoms with Gasteiger partial charge in [0.15, 0.2) is 5.75 Å². The van der Waals surface area contributed by atoms with E-state index in [2.05, 4.69) is 6.92 Å². The summed E-state index contributed by atoms with van der Waals surface area (Å²) in [6.45, 7) is 2.15. The van der Waals surface area contributed by atoms with E-state index in [0.29, 0.717) is 17.5 Å². The third kappa shape index (κ3) is 3.42. The lowest BCUT2D eigenvalue weighted by Crippen LogP contribution is -2.30. The number of nitro benzene ring substituents is 1. The second-order valence-electron chi connectivity index (χ2n) is 5.30. The molecule has 2 unspecified atom stereocenters. The number of hydrogen-bond acceptors (Lipinski definition) is 3. The largest absolute Gasteiger partial charge is 0.483 e. The molecule has 0 radical (unpaired) electrons. The van der Waals surface area contributed by atoms with E-state index < -0.39 is 4.92 Å². The highest BCUT2D eigenvalue weighted by Crippen LogP contribution is 2.35. The average molecular weight is 298 g/mol. The first-order chi connectivity index (χ1) is 9.65. The molecule has 0 spiro atoms. The van der Waals surface area contributed by atoms with E-state index in [1.165, 1.54) is 12.5 Å². The van der Waals surface area contributed by atoms with Crippen molar-refractivity contribution in [3.8, 4) is 5.75 Å². The summed E-state index contributed by atoms with van der Waals surface area (Å²) in [4.78, 5) is 10.7. The van der Waals surface area contributed by atoms with Crippen LogP contribution in [0.4, 0.5) is 5.69 Å². The fourth-order valence-electron chi connectivity index (χ4n) is 2.85. The van der Waals surface area contributed by atoms with Crippen LogP contribution in [0, 0.1) is 16.0 Å². The lowest BCUT2D eigenvalue weighted by Gasteiger charge is -2.31. The molecule has 0 amide bonds. The van der Waals surface area contributed by atoms with Gasteiger partial charge in [-0.25, -0.2) is 0 Å². The van der Waals surface area contributed by atoms with Gasteiger partial charge < -0.3 is 4.74 Å². The van der Waals surface area contributed by atoms with Crippen LogP contribution in [0.3, 0.4) is 0 Å². The zero-order chi connectivity index (χ0) is 14.5. The number of ether oxygens (including phenoxy) is 1. The third-order valence-electron chi connectivity index (χ3n) is 4.02. The summed E-state index contributed by atoms with van der Waals surface area (Å²) < 4.78 is 5.99. The quantitative estimate of drug-likeness (QED) is 0.450. The Labute approximate surface area is 124 Å². The van der Waals surface area contributed by atoms with Gasteiger partial charge >= 0.3 is 5.69 Å². The van der Waals surface area contributed by atoms with E-state index >= 15 is 0 Å². The molecule has 0 bridgehead atoms. The van der Waals surface area contributed by atoms with Gasteiger partial charge in [0, 0.05) is 11.9 Å². The monoisotopic (exact) mass is 297 g/mol. The predicted octanol–water partition coefficient (Wildman–Crippen LogP) is 4.68. The molecule has 0 aromatic heterocycles. The fourth-order valence-corrected chi connectivity index (χ4v) is 3.01. The number of hydrogen-bond donors (Lipinski definition) is 0. The molecule has 0 aliphatic heterocycles. The molecule has 0 saturated heterocycles. The Balaban J connectivity index is 2.23. The maximum absolute atomic E-state index is 11.1. The Morgan fingerprint density at radius 1 is 1.40 bits per heavy atom. The van der Waals surface area contributed by atoms with Gasteiger partial charge in [-0.3, -0.25) is 10.1 Å². The molecule has 1 aromatic carbocycles. The van der Waals surface area contributed by atoms with Crippen LogP contribution in [0.5, 0.6) is 5.75 Å². The molecule has 5 heteroatoms. The van der Waals surface area contributed by atoms with Gasteiger partial charge in [-0.15, -0.1) is 11.6 Å². The zero-order valence-corrected chi connectivity index (χ0v) is 12.4. The highest BCUT2D eigenvalue weighted by molar-refractivity contribution is 6.17. The minimum absolute atomic E-state index is 0.0271. The van der Waals surface area contributed by atoms with Gasteiger partial charge in [-0.2, -0.15) is 0 Å². The second kappa shape index (κ2) is 6.93. The van der Waals surface area contributed by atoms with Crippen LogP contribution in [0.25, 0.3) is 0 Å². The summed E-state index contributed by atoms with van der Waals surface area (Å²) in [6.07, 6.45) is 5.60. The summed E-state index contributed by atoms with van der Waals surface area (Å²) in [5.41, 5.74) is 0.871. The van der Waals surface area contributed by atoms with Crippen molar-refractivity contribution in [2.75, 3.05) is 0 Å². The maximum atomic E-state index is 11.1. The molecular weight excluding hydrogens is 278 g/mol. The highest BCUT2D eigenvalue weighted by atomic mass is 35.5. The molecule has 2 rings (SSSR count). The van der Waals surface area contributed by atoms with Gasteiger partial charge in [-0.05, 0) is 43.2 Å². The fraction of sp³-hybridized carbons (Fsp3) is 0.600. The van der Waals surface area contributed by atoms with Crippen molar-refractivity contribution >= 4 is 17.3 Å². The van der Waals surface area contributed by atoms with E-state index in [1.807, 2.05) is 0 Å². The molecule has 1 aliphatic carbocycles. The molecule has 1 aliphatic rings. The highest BCUT2D eigenvalue weighted by Gasteiger charge is 2.27. The van der Waals surface area contributed by atoms with Gasteiger partial charge in [0.2, 0.25) is 0 Å². The number of nitro groups is 1. The average Bonchev–Trinajstić information content (AvgIpc) is 2.47. The number of nitrogens with zero attached hydrogens (tertiary/aromatic N) is 1. The van der Waals surface area contributed by atoms with Crippen LogP contribution < -0.4 is 4.74 Å². The predicted molar refractivity (Wildman–Crippen MR) is 79.3 cm³/mol. The summed E-state index contributed by atoms with van der Waals surface area (Å²) in [5, 5.41) is 11.1. The van der Waals surface area contributed by atoms with E-state index in [9.17, 15) is 10.1 Å². The lowest BCUT2D eigenvalue weighted by atomic mass is 9.85. The van der Waals surface area contributed by atoms with Gasteiger partial charge in [0.1, 0.15) is 6.10 Å². The Hall–Kier alpha value is -1.29. The van der Waals surface area contributed by atoms with Gasteiger partial charge in [0.05, 0.1) is 4.92 Å². The third-order valence-corrected chi connectivity index (χ3v) is 4.33. The zero-order valence-electron chi connectivity index (χ0n) is 11.7. The summed E-state index contributed by atoms with van der Waals surface area (Å²) in [6, 6.07) is 4.86. The maximum Gasteiger partial charge on any atom is 0.310 e. The van der Waals surface area contributed by atoms with Crippen molar-refractivity contribution in [2.45, 2.75) is 51.0 Å². The minimum Gasteiger partial charge on any atom is -0.483 e. The lowest BCUT2D eigenvalue weighted by molar-refractivity contribution is -0.386. The Kier molecular flexibility index (Phi) is 5.24. The number of halogens is 1. The molecule has 110 valence electrons. The van der Waals surface area contributed by atoms with Crippen LogP contribution in [0.1, 0.15) is 44.6 Å². The molecule has 0 heterocycles. The van der Waals surface area contributed by atoms with E-state index in [4.69, 9.17) is 16.3 Å². The number of rotatable bonds is 5. The Morgan fingerprint density at radius 3 is 2.80 bits per heavy atom. The van der Waals surface area contributed by atoms with Crippen LogP contribution in [-0.2, 0) is 5.88 Å².